The van der Waals surface area contributed by atoms with E-state index in [1.165, 1.54) is 55.7 Å². The van der Waals surface area contributed by atoms with Gasteiger partial charge in [-0.05, 0) is 116 Å². The molecule has 5 heterocycles. The first kappa shape index (κ1) is 41.8. The van der Waals surface area contributed by atoms with Crippen LogP contribution in [0.2, 0.25) is 0 Å². The van der Waals surface area contributed by atoms with Crippen LogP contribution in [-0.4, -0.2) is 35.8 Å². The Kier molecular flexibility index (Phi) is 15.6. The number of pyridine rings is 2. The number of Topliss-reactive ketones (excluding diaryl/α,β-unsaturated/α-hetero) is 1. The Balaban J connectivity index is 0.000000171. The second-order valence-corrected chi connectivity index (χ2v) is 12.2. The van der Waals surface area contributed by atoms with Crippen molar-refractivity contribution in [3.05, 3.63) is 186 Å². The van der Waals surface area contributed by atoms with Crippen molar-refractivity contribution in [3.63, 3.8) is 0 Å². The van der Waals surface area contributed by atoms with Crippen LogP contribution in [0.3, 0.4) is 0 Å². The van der Waals surface area contributed by atoms with Gasteiger partial charge in [0.05, 0.1) is 12.1 Å². The fourth-order valence-corrected chi connectivity index (χ4v) is 5.15. The number of halogens is 3. The fraction of sp³-hybridized carbons (Fsp3) is 0.0732. The molecule has 8 aromatic rings. The number of rotatable bonds is 6. The molecule has 8 rings (SSSR count). The van der Waals surface area contributed by atoms with Gasteiger partial charge >= 0.3 is 18.9 Å². The molecule has 0 aliphatic rings. The summed E-state index contributed by atoms with van der Waals surface area (Å²) in [6, 6.07) is 24.9. The van der Waals surface area contributed by atoms with Crippen molar-refractivity contribution >= 4 is 17.1 Å². The molecule has 1 unspecified atom stereocenters. The molecule has 0 spiro atoms. The van der Waals surface area contributed by atoms with Crippen molar-refractivity contribution in [2.24, 2.45) is 0 Å². The van der Waals surface area contributed by atoms with Crippen molar-refractivity contribution in [1.82, 2.24) is 24.9 Å². The van der Waals surface area contributed by atoms with Gasteiger partial charge in [-0.25, -0.2) is 23.1 Å². The number of carbonyl (C=O) groups is 1. The van der Waals surface area contributed by atoms with Gasteiger partial charge in [0.25, 0.3) is 0 Å². The van der Waals surface area contributed by atoms with Crippen molar-refractivity contribution in [3.8, 4) is 33.5 Å². The first-order valence-electron chi connectivity index (χ1n) is 16.1. The van der Waals surface area contributed by atoms with Gasteiger partial charge in [-0.1, -0.05) is 18.4 Å². The molecule has 14 heteroatoms. The number of oxazole rings is 2. The Hall–Kier alpha value is -5.97. The van der Waals surface area contributed by atoms with E-state index in [-0.39, 0.29) is 42.1 Å². The summed E-state index contributed by atoms with van der Waals surface area (Å²) in [5.74, 6) is 0.374. The van der Waals surface area contributed by atoms with E-state index >= 15 is 0 Å². The molecule has 9 nitrogen and oxygen atoms in total. The maximum absolute atomic E-state index is 12.9. The van der Waals surface area contributed by atoms with Gasteiger partial charge in [-0.15, -0.1) is 11.3 Å². The molecule has 0 bridgehead atoms. The van der Waals surface area contributed by atoms with E-state index in [1.54, 1.807) is 110 Å². The Labute approximate surface area is 330 Å². The van der Waals surface area contributed by atoms with Crippen LogP contribution >= 0.6 is 11.3 Å². The van der Waals surface area contributed by atoms with Gasteiger partial charge in [0.2, 0.25) is 5.89 Å². The van der Waals surface area contributed by atoms with Crippen LogP contribution in [0.5, 0.6) is 0 Å². The molecule has 0 saturated carbocycles. The van der Waals surface area contributed by atoms with Gasteiger partial charge in [0.1, 0.15) is 28.1 Å². The zero-order chi connectivity index (χ0) is 38.3. The van der Waals surface area contributed by atoms with Gasteiger partial charge in [0.15, 0.2) is 11.5 Å². The molecule has 0 saturated heterocycles. The van der Waals surface area contributed by atoms with E-state index in [1.807, 2.05) is 5.38 Å². The monoisotopic (exact) mass is 753 g/mol. The van der Waals surface area contributed by atoms with Crippen LogP contribution in [-0.2, 0) is 5.60 Å². The molecule has 55 heavy (non-hydrogen) atoms. The third kappa shape index (κ3) is 12.3. The number of aliphatic hydroxyl groups is 1. The second kappa shape index (κ2) is 20.5. The summed E-state index contributed by atoms with van der Waals surface area (Å²) in [6.45, 7) is 3.16. The van der Waals surface area contributed by atoms with E-state index in [0.717, 1.165) is 16.1 Å². The van der Waals surface area contributed by atoms with E-state index in [9.17, 15) is 23.1 Å². The minimum absolute atomic E-state index is 0. The van der Waals surface area contributed by atoms with Gasteiger partial charge < -0.3 is 18.9 Å². The largest absolute Gasteiger partial charge is 1.00 e. The van der Waals surface area contributed by atoms with E-state index in [4.69, 9.17) is 8.83 Å². The summed E-state index contributed by atoms with van der Waals surface area (Å²) in [5.41, 5.74) is 2.41. The van der Waals surface area contributed by atoms with Crippen LogP contribution in [0.25, 0.3) is 33.5 Å². The maximum Gasteiger partial charge on any atom is 1.00 e. The fourth-order valence-electron chi connectivity index (χ4n) is 4.51. The van der Waals surface area contributed by atoms with E-state index < -0.39 is 5.60 Å². The number of carbonyl (C=O) groups excluding carboxylic acids is 1. The molecule has 0 amide bonds. The van der Waals surface area contributed by atoms with Crippen LogP contribution in [0.15, 0.2) is 155 Å². The number of hydrogen-bond acceptors (Lipinski definition) is 10. The summed E-state index contributed by atoms with van der Waals surface area (Å²) in [5, 5.41) is 13.5. The van der Waals surface area contributed by atoms with Crippen molar-refractivity contribution in [1.29, 1.82) is 0 Å². The van der Waals surface area contributed by atoms with Crippen LogP contribution in [0.4, 0.5) is 13.2 Å². The molecule has 1 atom stereocenters. The molecule has 0 fully saturated rings. The normalized spacial score (nSPS) is 11.2. The first-order chi connectivity index (χ1) is 26.1. The minimum atomic E-state index is -1.31. The van der Waals surface area contributed by atoms with Gasteiger partial charge in [0, 0.05) is 53.1 Å². The molecule has 5 aromatic heterocycles. The summed E-state index contributed by atoms with van der Waals surface area (Å²) in [6.07, 6.45) is 13.5. The number of ketones is 1. The second-order valence-electron chi connectivity index (χ2n) is 11.3. The minimum Gasteiger partial charge on any atom is -0.627 e. The number of aromatic nitrogens is 5. The Morgan fingerprint density at radius 1 is 0.691 bits per heavy atom. The molecule has 0 radical (unpaired) electrons. The smallest absolute Gasteiger partial charge is 0.627 e. The zero-order valence-electron chi connectivity index (χ0n) is 29.8. The predicted molar refractivity (Wildman–Crippen MR) is 197 cm³/mol. The quantitative estimate of drug-likeness (QED) is 0.113. The van der Waals surface area contributed by atoms with E-state index in [0.29, 0.717) is 34.2 Å². The van der Waals surface area contributed by atoms with Crippen molar-refractivity contribution < 1.29 is 50.8 Å². The number of nitrogens with zero attached hydrogens (tertiary/aromatic N) is 5. The predicted octanol–water partition coefficient (Wildman–Crippen LogP) is 6.65. The average Bonchev–Trinajstić information content (AvgIpc) is 4.02. The van der Waals surface area contributed by atoms with Crippen molar-refractivity contribution in [2.45, 2.75) is 19.4 Å². The third-order valence-electron chi connectivity index (χ3n) is 7.41. The van der Waals surface area contributed by atoms with Crippen LogP contribution < -0.4 is 18.9 Å². The Morgan fingerprint density at radius 3 is 1.65 bits per heavy atom. The average molecular weight is 754 g/mol. The Bertz CT molecular complexity index is 2220. The Morgan fingerprint density at radius 2 is 1.20 bits per heavy atom. The summed E-state index contributed by atoms with van der Waals surface area (Å²) in [7, 11) is 0. The van der Waals surface area contributed by atoms with Gasteiger partial charge in [-0.3, -0.25) is 14.8 Å². The summed E-state index contributed by atoms with van der Waals surface area (Å²) in [4.78, 5) is 30.4. The molecule has 0 aliphatic carbocycles. The molecule has 0 aliphatic heterocycles. The zero-order valence-corrected chi connectivity index (χ0v) is 30.6. The molecular formula is C41H31F3LiN5O4S. The van der Waals surface area contributed by atoms with Crippen LogP contribution in [0, 0.1) is 23.7 Å². The molecule has 3 aromatic carbocycles. The molecular weight excluding hydrogens is 722 g/mol. The third-order valence-corrected chi connectivity index (χ3v) is 8.23. The molecule has 1 N–H and O–H groups in total. The van der Waals surface area contributed by atoms with E-state index in [2.05, 4.69) is 31.2 Å². The number of hydrogen-bond donors (Lipinski definition) is 1. The topological polar surface area (TPSA) is 128 Å². The standard InChI is InChI=1S/C16H13FN2O2.C9H5FNO.C9H6FNS.C7H7NO.Li/c1-16(20,12-6-8-18-9-7-12)14-10-19-15(21-14)11-2-4-13(17)5-3-11;2*10-8-3-1-7(2-4-8)9-11-5-6-12-9;1-6(9)7-2-4-8-5-3-7;/h2-10,20H,1H3;1-5H;1-6H;2-5H,1H3;/q;-1;;;+1. The number of benzene rings is 3. The number of thiazole rings is 1. The maximum atomic E-state index is 12.9. The van der Waals surface area contributed by atoms with Crippen LogP contribution in [0.1, 0.15) is 35.5 Å². The molecule has 272 valence electrons. The van der Waals surface area contributed by atoms with Crippen molar-refractivity contribution in [2.75, 3.05) is 0 Å². The SMILES string of the molecule is CC(=O)c1ccncc1.CC(O)(c1ccncc1)c1cnc(-c2ccc(F)cc2)o1.Fc1ccc(-c2nc[c-]o2)cc1.Fc1ccc(-c2nccs2)cc1.[Li+]. The van der Waals surface area contributed by atoms with Gasteiger partial charge in [-0.2, -0.15) is 0 Å². The summed E-state index contributed by atoms with van der Waals surface area (Å²) < 4.78 is 48.4. The first-order valence-corrected chi connectivity index (χ1v) is 17.0. The summed E-state index contributed by atoms with van der Waals surface area (Å²) >= 11 is 1.55.